The molecule has 1 aromatic rings. The van der Waals surface area contributed by atoms with Gasteiger partial charge in [0.1, 0.15) is 6.23 Å². The van der Waals surface area contributed by atoms with Gasteiger partial charge in [-0.3, -0.25) is 27.9 Å². The van der Waals surface area contributed by atoms with Crippen LogP contribution in [-0.4, -0.2) is 39.5 Å². The number of aromatic amines is 1. The van der Waals surface area contributed by atoms with Gasteiger partial charge in [0.25, 0.3) is 5.56 Å². The third kappa shape index (κ3) is 7.31. The number of hydrogen-bond donors (Lipinski definition) is 1. The average molecular weight is 459 g/mol. The second-order valence-electron chi connectivity index (χ2n) is 9.27. The fourth-order valence-electron chi connectivity index (χ4n) is 2.93. The highest BCUT2D eigenvalue weighted by molar-refractivity contribution is 7.48. The molecular formula is C18H30N5O7P. The van der Waals surface area contributed by atoms with Crippen molar-refractivity contribution in [3.63, 3.8) is 0 Å². The zero-order valence-electron chi connectivity index (χ0n) is 18.8. The summed E-state index contributed by atoms with van der Waals surface area (Å²) in [5.74, 6) is 0. The highest BCUT2D eigenvalue weighted by Gasteiger charge is 2.41. The summed E-state index contributed by atoms with van der Waals surface area (Å²) in [4.78, 5) is 28.8. The summed E-state index contributed by atoms with van der Waals surface area (Å²) >= 11 is 0. The monoisotopic (exact) mass is 459 g/mol. The Morgan fingerprint density at radius 3 is 2.35 bits per heavy atom. The number of aromatic nitrogens is 2. The second-order valence-corrected chi connectivity index (χ2v) is 10.8. The maximum absolute atomic E-state index is 13.2. The number of nitrogens with zero attached hydrogens (tertiary/aromatic N) is 4. The van der Waals surface area contributed by atoms with E-state index in [1.165, 1.54) is 10.8 Å². The largest absolute Gasteiger partial charge is 0.475 e. The van der Waals surface area contributed by atoms with E-state index in [4.69, 9.17) is 23.8 Å². The van der Waals surface area contributed by atoms with Gasteiger partial charge >= 0.3 is 13.5 Å². The molecule has 0 spiro atoms. The molecule has 12 nitrogen and oxygen atoms in total. The van der Waals surface area contributed by atoms with E-state index in [9.17, 15) is 14.2 Å². The van der Waals surface area contributed by atoms with Gasteiger partial charge in [-0.15, -0.1) is 0 Å². The minimum Gasteiger partial charge on any atom is -0.352 e. The molecule has 1 fully saturated rings. The molecule has 2 rings (SSSR count). The Morgan fingerprint density at radius 1 is 1.26 bits per heavy atom. The SMILES string of the molecule is Cc1cn([C@H]2C[C@H](N=[N+]=[N-])[C@@H](COP(=O)(OC(C)(C)C)OC(C)(C)C)O2)c(=O)[nH]c1=O. The van der Waals surface area contributed by atoms with Crippen molar-refractivity contribution < 1.29 is 22.9 Å². The van der Waals surface area contributed by atoms with Crippen LogP contribution in [0, 0.1) is 6.92 Å². The number of hydrogen-bond acceptors (Lipinski definition) is 8. The lowest BCUT2D eigenvalue weighted by Gasteiger charge is -2.31. The normalized spacial score (nSPS) is 22.4. The molecule has 31 heavy (non-hydrogen) atoms. The number of phosphoric ester groups is 1. The quantitative estimate of drug-likeness (QED) is 0.282. The predicted octanol–water partition coefficient (Wildman–Crippen LogP) is 3.57. The smallest absolute Gasteiger partial charge is 0.352 e. The molecular weight excluding hydrogens is 429 g/mol. The number of rotatable bonds is 7. The van der Waals surface area contributed by atoms with Crippen LogP contribution in [0.25, 0.3) is 10.4 Å². The van der Waals surface area contributed by atoms with Gasteiger partial charge in [-0.05, 0) is 54.0 Å². The maximum atomic E-state index is 13.2. The minimum absolute atomic E-state index is 0.161. The highest BCUT2D eigenvalue weighted by Crippen LogP contribution is 2.55. The van der Waals surface area contributed by atoms with Gasteiger partial charge in [0.2, 0.25) is 0 Å². The first-order valence-corrected chi connectivity index (χ1v) is 11.3. The molecule has 2 heterocycles. The van der Waals surface area contributed by atoms with Gasteiger partial charge in [0, 0.05) is 23.1 Å². The number of aryl methyl sites for hydroxylation is 1. The Kier molecular flexibility index (Phi) is 7.58. The maximum Gasteiger partial charge on any atom is 0.475 e. The molecule has 1 saturated heterocycles. The Morgan fingerprint density at radius 2 is 1.84 bits per heavy atom. The Hall–Kier alpha value is -1.94. The van der Waals surface area contributed by atoms with Gasteiger partial charge < -0.3 is 4.74 Å². The van der Waals surface area contributed by atoms with E-state index in [1.807, 2.05) is 0 Å². The van der Waals surface area contributed by atoms with Crippen molar-refractivity contribution in [1.29, 1.82) is 0 Å². The Bertz CT molecular complexity index is 980. The van der Waals surface area contributed by atoms with Crippen LogP contribution in [0.1, 0.15) is 59.8 Å². The summed E-state index contributed by atoms with van der Waals surface area (Å²) in [5, 5.41) is 3.72. The van der Waals surface area contributed by atoms with Crippen LogP contribution in [-0.2, 0) is 22.9 Å². The third-order valence-electron chi connectivity index (χ3n) is 4.03. The van der Waals surface area contributed by atoms with Gasteiger partial charge in [-0.25, -0.2) is 9.36 Å². The molecule has 0 saturated carbocycles. The van der Waals surface area contributed by atoms with Crippen molar-refractivity contribution in [2.75, 3.05) is 6.61 Å². The number of phosphoric acid groups is 1. The van der Waals surface area contributed by atoms with Crippen LogP contribution in [0.15, 0.2) is 20.9 Å². The number of ether oxygens (including phenoxy) is 1. The van der Waals surface area contributed by atoms with Crippen LogP contribution < -0.4 is 11.2 Å². The molecule has 0 amide bonds. The van der Waals surface area contributed by atoms with E-state index in [0.717, 1.165) is 0 Å². The van der Waals surface area contributed by atoms with E-state index in [0.29, 0.717) is 5.56 Å². The lowest BCUT2D eigenvalue weighted by atomic mass is 10.1. The van der Waals surface area contributed by atoms with E-state index < -0.39 is 48.6 Å². The summed E-state index contributed by atoms with van der Waals surface area (Å²) in [7, 11) is -4.01. The number of nitrogens with one attached hydrogen (secondary N) is 1. The van der Waals surface area contributed by atoms with Crippen molar-refractivity contribution in [2.24, 2.45) is 5.11 Å². The Balaban J connectivity index is 2.24. The highest BCUT2D eigenvalue weighted by atomic mass is 31.2. The summed E-state index contributed by atoms with van der Waals surface area (Å²) in [6.07, 6.45) is -0.0915. The molecule has 13 heteroatoms. The van der Waals surface area contributed by atoms with Gasteiger partial charge in [0.15, 0.2) is 0 Å². The molecule has 3 atom stereocenters. The first-order chi connectivity index (χ1) is 14.1. The second kappa shape index (κ2) is 9.28. The minimum atomic E-state index is -4.01. The Labute approximate surface area is 180 Å². The van der Waals surface area contributed by atoms with Crippen LogP contribution in [0.5, 0.6) is 0 Å². The van der Waals surface area contributed by atoms with E-state index in [-0.39, 0.29) is 13.0 Å². The predicted molar refractivity (Wildman–Crippen MR) is 113 cm³/mol. The number of azide groups is 1. The van der Waals surface area contributed by atoms with Crippen molar-refractivity contribution in [1.82, 2.24) is 9.55 Å². The third-order valence-corrected chi connectivity index (χ3v) is 6.04. The average Bonchev–Trinajstić information content (AvgIpc) is 2.96. The summed E-state index contributed by atoms with van der Waals surface area (Å²) in [6.45, 7) is 11.6. The molecule has 0 bridgehead atoms. The molecule has 1 aliphatic heterocycles. The lowest BCUT2D eigenvalue weighted by Crippen LogP contribution is -2.33. The van der Waals surface area contributed by atoms with Crippen LogP contribution in [0.2, 0.25) is 0 Å². The van der Waals surface area contributed by atoms with Crippen molar-refractivity contribution in [3.8, 4) is 0 Å². The van der Waals surface area contributed by atoms with E-state index >= 15 is 0 Å². The lowest BCUT2D eigenvalue weighted by molar-refractivity contribution is -0.0450. The number of H-pyrrole nitrogens is 1. The van der Waals surface area contributed by atoms with Gasteiger partial charge in [-0.1, -0.05) is 5.11 Å². The van der Waals surface area contributed by atoms with Crippen molar-refractivity contribution in [2.45, 2.75) is 84.5 Å². The summed E-state index contributed by atoms with van der Waals surface area (Å²) in [6, 6.07) is -0.702. The molecule has 1 N–H and O–H groups in total. The molecule has 0 aromatic carbocycles. The van der Waals surface area contributed by atoms with Crippen LogP contribution in [0.4, 0.5) is 0 Å². The molecule has 1 aromatic heterocycles. The molecule has 0 unspecified atom stereocenters. The first-order valence-electron chi connectivity index (χ1n) is 9.80. The van der Waals surface area contributed by atoms with Crippen molar-refractivity contribution in [3.05, 3.63) is 43.0 Å². The molecule has 0 radical (unpaired) electrons. The zero-order valence-corrected chi connectivity index (χ0v) is 19.7. The van der Waals surface area contributed by atoms with Crippen LogP contribution in [0.3, 0.4) is 0 Å². The molecule has 0 aliphatic carbocycles. The van der Waals surface area contributed by atoms with Gasteiger partial charge in [0.05, 0.1) is 30.0 Å². The fourth-order valence-corrected chi connectivity index (χ4v) is 4.74. The summed E-state index contributed by atoms with van der Waals surface area (Å²) in [5.41, 5.74) is 6.46. The zero-order chi connectivity index (χ0) is 23.6. The van der Waals surface area contributed by atoms with Gasteiger partial charge in [-0.2, -0.15) is 0 Å². The molecule has 174 valence electrons. The van der Waals surface area contributed by atoms with E-state index in [1.54, 1.807) is 48.5 Å². The topological polar surface area (TPSA) is 158 Å². The molecule has 1 aliphatic rings. The van der Waals surface area contributed by atoms with E-state index in [2.05, 4.69) is 15.0 Å². The van der Waals surface area contributed by atoms with Crippen LogP contribution >= 0.6 is 7.82 Å². The summed E-state index contributed by atoms with van der Waals surface area (Å²) < 4.78 is 37.0. The standard InChI is InChI=1S/C18H30N5O7P/c1-11-9-23(16(25)20-15(11)24)14-8-12(21-22-19)13(28-14)10-27-31(26,29-17(2,3)4)30-18(5,6)7/h9,12-14H,8,10H2,1-7H3,(H,20,24,25)/t12-,13+,14+/m0/s1. The first kappa shape index (κ1) is 25.3. The fraction of sp³-hybridized carbons (Fsp3) is 0.778. The van der Waals surface area contributed by atoms with Crippen molar-refractivity contribution >= 4 is 7.82 Å².